The zero-order valence-corrected chi connectivity index (χ0v) is 13.0. The van der Waals surface area contributed by atoms with Gasteiger partial charge in [-0.3, -0.25) is 0 Å². The maximum atomic E-state index is 12.7. The van der Waals surface area contributed by atoms with Crippen molar-refractivity contribution in [3.8, 4) is 0 Å². The fourth-order valence-corrected chi connectivity index (χ4v) is 1.95. The molecule has 0 aliphatic rings. The van der Waals surface area contributed by atoms with Crippen molar-refractivity contribution in [1.82, 2.24) is 0 Å². The van der Waals surface area contributed by atoms with Crippen LogP contribution in [0.25, 0.3) is 0 Å². The smallest absolute Gasteiger partial charge is 0.389 e. The summed E-state index contributed by atoms with van der Waals surface area (Å²) in [5, 5.41) is 0. The van der Waals surface area contributed by atoms with Gasteiger partial charge in [0.1, 0.15) is 4.99 Å². The van der Waals surface area contributed by atoms with Gasteiger partial charge < -0.3 is 15.4 Å². The van der Waals surface area contributed by atoms with Crippen LogP contribution >= 0.6 is 12.2 Å². The first-order valence-electron chi connectivity index (χ1n) is 6.46. The van der Waals surface area contributed by atoms with E-state index in [1.165, 1.54) is 6.07 Å². The average Bonchev–Trinajstić information content (AvgIpc) is 2.36. The highest BCUT2D eigenvalue weighted by Crippen LogP contribution is 2.32. The van der Waals surface area contributed by atoms with Crippen LogP contribution in [0.3, 0.4) is 0 Å². The van der Waals surface area contributed by atoms with Crippen molar-refractivity contribution < 1.29 is 17.9 Å². The second-order valence-corrected chi connectivity index (χ2v) is 5.37. The minimum Gasteiger partial charge on any atom is -0.389 e. The van der Waals surface area contributed by atoms with Gasteiger partial charge in [0.15, 0.2) is 0 Å². The molecule has 0 fully saturated rings. The summed E-state index contributed by atoms with van der Waals surface area (Å²) in [5.74, 6) is 0. The van der Waals surface area contributed by atoms with E-state index >= 15 is 0 Å². The zero-order valence-electron chi connectivity index (χ0n) is 12.2. The van der Waals surface area contributed by atoms with Crippen LogP contribution in [-0.4, -0.2) is 31.3 Å². The first-order chi connectivity index (χ1) is 9.62. The molecule has 21 heavy (non-hydrogen) atoms. The van der Waals surface area contributed by atoms with Crippen molar-refractivity contribution in [2.24, 2.45) is 5.73 Å². The van der Waals surface area contributed by atoms with E-state index in [1.54, 1.807) is 11.9 Å². The molecule has 0 aromatic heterocycles. The molecule has 0 amide bonds. The summed E-state index contributed by atoms with van der Waals surface area (Å²) in [7, 11) is 1.76. The van der Waals surface area contributed by atoms with Crippen molar-refractivity contribution in [2.75, 3.05) is 25.1 Å². The van der Waals surface area contributed by atoms with Crippen LogP contribution in [0.15, 0.2) is 18.2 Å². The topological polar surface area (TPSA) is 38.5 Å². The zero-order chi connectivity index (χ0) is 16.2. The number of likely N-dealkylation sites (N-methyl/N-ethyl adjacent to an activating group) is 1. The molecule has 7 heteroatoms. The Labute approximate surface area is 127 Å². The maximum Gasteiger partial charge on any atom is 0.416 e. The van der Waals surface area contributed by atoms with Crippen LogP contribution in [0.5, 0.6) is 0 Å². The first-order valence-corrected chi connectivity index (χ1v) is 6.87. The highest BCUT2D eigenvalue weighted by Gasteiger charge is 2.31. The Morgan fingerprint density at radius 3 is 2.48 bits per heavy atom. The molecule has 2 N–H and O–H groups in total. The number of ether oxygens (including phenoxy) is 1. The maximum absolute atomic E-state index is 12.7. The van der Waals surface area contributed by atoms with Crippen molar-refractivity contribution in [3.05, 3.63) is 29.3 Å². The molecule has 0 heterocycles. The van der Waals surface area contributed by atoms with Crippen molar-refractivity contribution in [2.45, 2.75) is 26.1 Å². The molecule has 0 aliphatic carbocycles. The molecule has 0 spiro atoms. The summed E-state index contributed by atoms with van der Waals surface area (Å²) in [6, 6.07) is 3.39. The molecule has 1 aromatic carbocycles. The summed E-state index contributed by atoms with van der Waals surface area (Å²) in [5.41, 5.74) is 5.56. The summed E-state index contributed by atoms with van der Waals surface area (Å²) < 4.78 is 43.6. The van der Waals surface area contributed by atoms with Gasteiger partial charge in [-0.25, -0.2) is 0 Å². The molecule has 0 atom stereocenters. The molecule has 1 aromatic rings. The van der Waals surface area contributed by atoms with Gasteiger partial charge in [-0.15, -0.1) is 0 Å². The fourth-order valence-electron chi connectivity index (χ4n) is 1.79. The molecule has 0 radical (unpaired) electrons. The van der Waals surface area contributed by atoms with Gasteiger partial charge >= 0.3 is 6.18 Å². The summed E-state index contributed by atoms with van der Waals surface area (Å²) in [6.07, 6.45) is -4.32. The van der Waals surface area contributed by atoms with Gasteiger partial charge in [0.05, 0.1) is 18.3 Å². The summed E-state index contributed by atoms with van der Waals surface area (Å²) in [6.45, 7) is 4.82. The molecule has 1 rings (SSSR count). The molecule has 0 aliphatic heterocycles. The number of hydrogen-bond acceptors (Lipinski definition) is 3. The number of hydrogen-bond donors (Lipinski definition) is 1. The Hall–Kier alpha value is -1.34. The van der Waals surface area contributed by atoms with E-state index in [0.29, 0.717) is 18.8 Å². The predicted molar refractivity (Wildman–Crippen MR) is 81.7 cm³/mol. The third-order valence-corrected chi connectivity index (χ3v) is 3.10. The van der Waals surface area contributed by atoms with E-state index in [4.69, 9.17) is 22.7 Å². The quantitative estimate of drug-likeness (QED) is 0.817. The molecule has 0 bridgehead atoms. The standard InChI is InChI=1S/C14H19F3N2OS/c1-9(2)20-7-6-19(3)12-5-4-10(14(15,16)17)8-11(12)13(18)21/h4-5,8-9H,6-7H2,1-3H3,(H2,18,21). The molecule has 0 unspecified atom stereocenters. The van der Waals surface area contributed by atoms with Crippen molar-refractivity contribution in [3.63, 3.8) is 0 Å². The average molecular weight is 320 g/mol. The van der Waals surface area contributed by atoms with Gasteiger partial charge in [-0.2, -0.15) is 13.2 Å². The predicted octanol–water partition coefficient (Wildman–Crippen LogP) is 3.20. The Morgan fingerprint density at radius 1 is 1.38 bits per heavy atom. The highest BCUT2D eigenvalue weighted by molar-refractivity contribution is 7.80. The highest BCUT2D eigenvalue weighted by atomic mass is 32.1. The summed E-state index contributed by atoms with van der Waals surface area (Å²) >= 11 is 4.86. The number of alkyl halides is 3. The second kappa shape index (κ2) is 7.09. The van der Waals surface area contributed by atoms with Gasteiger partial charge in [-0.1, -0.05) is 12.2 Å². The van der Waals surface area contributed by atoms with Gasteiger partial charge in [0.25, 0.3) is 0 Å². The molecule has 118 valence electrons. The lowest BCUT2D eigenvalue weighted by atomic mass is 10.1. The third kappa shape index (κ3) is 5.17. The first kappa shape index (κ1) is 17.7. The van der Waals surface area contributed by atoms with Crippen LogP contribution in [0.1, 0.15) is 25.0 Å². The van der Waals surface area contributed by atoms with Crippen molar-refractivity contribution >= 4 is 22.9 Å². The van der Waals surface area contributed by atoms with Crippen LogP contribution in [0, 0.1) is 0 Å². The Bertz CT molecular complexity index is 503. The van der Waals surface area contributed by atoms with Crippen LogP contribution in [0.4, 0.5) is 18.9 Å². The Morgan fingerprint density at radius 2 is 2.00 bits per heavy atom. The lowest BCUT2D eigenvalue weighted by molar-refractivity contribution is -0.137. The number of thiocarbonyl (C=S) groups is 1. The van der Waals surface area contributed by atoms with E-state index in [1.807, 2.05) is 13.8 Å². The number of nitrogens with zero attached hydrogens (tertiary/aromatic N) is 1. The van der Waals surface area contributed by atoms with Crippen LogP contribution in [0.2, 0.25) is 0 Å². The summed E-state index contributed by atoms with van der Waals surface area (Å²) in [4.78, 5) is 1.71. The SMILES string of the molecule is CC(C)OCCN(C)c1ccc(C(F)(F)F)cc1C(N)=S. The molecule has 3 nitrogen and oxygen atoms in total. The minimum absolute atomic E-state index is 0.0623. The number of nitrogens with two attached hydrogens (primary N) is 1. The van der Waals surface area contributed by atoms with Crippen molar-refractivity contribution in [1.29, 1.82) is 0 Å². The van der Waals surface area contributed by atoms with Gasteiger partial charge in [0, 0.05) is 24.8 Å². The van der Waals surface area contributed by atoms with Gasteiger partial charge in [-0.05, 0) is 32.0 Å². The second-order valence-electron chi connectivity index (χ2n) is 4.94. The Kier molecular flexibility index (Phi) is 5.98. The largest absolute Gasteiger partial charge is 0.416 e. The van der Waals surface area contributed by atoms with Crippen LogP contribution in [-0.2, 0) is 10.9 Å². The van der Waals surface area contributed by atoms with E-state index in [-0.39, 0.29) is 16.7 Å². The molecular weight excluding hydrogens is 301 g/mol. The van der Waals surface area contributed by atoms with E-state index in [0.717, 1.165) is 12.1 Å². The molecule has 0 saturated heterocycles. The van der Waals surface area contributed by atoms with E-state index < -0.39 is 11.7 Å². The minimum atomic E-state index is -4.42. The lowest BCUT2D eigenvalue weighted by Crippen LogP contribution is -2.27. The number of anilines is 1. The number of halogens is 3. The monoisotopic (exact) mass is 320 g/mol. The molecule has 0 saturated carbocycles. The number of rotatable bonds is 6. The molecular formula is C14H19F3N2OS. The lowest BCUT2D eigenvalue weighted by Gasteiger charge is -2.23. The van der Waals surface area contributed by atoms with E-state index in [9.17, 15) is 13.2 Å². The van der Waals surface area contributed by atoms with Gasteiger partial charge in [0.2, 0.25) is 0 Å². The van der Waals surface area contributed by atoms with E-state index in [2.05, 4.69) is 0 Å². The van der Waals surface area contributed by atoms with Crippen LogP contribution < -0.4 is 10.6 Å². The third-order valence-electron chi connectivity index (χ3n) is 2.88. The Balaban J connectivity index is 2.98. The normalized spacial score (nSPS) is 11.8. The fraction of sp³-hybridized carbons (Fsp3) is 0.500. The number of benzene rings is 1.